The Labute approximate surface area is 84.2 Å². The smallest absolute Gasteiger partial charge is 0.230 e. The first-order valence-electron chi connectivity index (χ1n) is 4.78. The minimum Gasteiger partial charge on any atom is -0.349 e. The van der Waals surface area contributed by atoms with E-state index in [1.807, 2.05) is 6.26 Å². The molecule has 0 saturated carbocycles. The van der Waals surface area contributed by atoms with Crippen LogP contribution in [0, 0.1) is 0 Å². The van der Waals surface area contributed by atoms with Gasteiger partial charge in [-0.15, -0.1) is 0 Å². The fourth-order valence-corrected chi connectivity index (χ4v) is 1.83. The van der Waals surface area contributed by atoms with Crippen LogP contribution in [-0.4, -0.2) is 24.0 Å². The summed E-state index contributed by atoms with van der Waals surface area (Å²) in [6, 6.07) is 0.280. The number of amides is 1. The van der Waals surface area contributed by atoms with Crippen molar-refractivity contribution in [3.05, 3.63) is 12.2 Å². The van der Waals surface area contributed by atoms with E-state index in [0.717, 1.165) is 12.8 Å². The van der Waals surface area contributed by atoms with Crippen molar-refractivity contribution in [2.24, 2.45) is 0 Å². The number of carbonyl (C=O) groups is 1. The van der Waals surface area contributed by atoms with E-state index < -0.39 is 0 Å². The van der Waals surface area contributed by atoms with E-state index in [1.165, 1.54) is 12.8 Å². The summed E-state index contributed by atoms with van der Waals surface area (Å²) >= 11 is 1.57. The van der Waals surface area contributed by atoms with E-state index in [-0.39, 0.29) is 11.9 Å². The van der Waals surface area contributed by atoms with Crippen LogP contribution in [-0.2, 0) is 4.79 Å². The molecule has 74 valence electrons. The largest absolute Gasteiger partial charge is 0.349 e. The van der Waals surface area contributed by atoms with Crippen molar-refractivity contribution in [1.29, 1.82) is 0 Å². The highest BCUT2D eigenvalue weighted by atomic mass is 32.2. The molecule has 1 N–H and O–H groups in total. The predicted octanol–water partition coefficient (Wildman–Crippen LogP) is 1.96. The van der Waals surface area contributed by atoms with Crippen LogP contribution in [0.4, 0.5) is 0 Å². The molecule has 1 atom stereocenters. The minimum absolute atomic E-state index is 0.157. The van der Waals surface area contributed by atoms with Crippen LogP contribution >= 0.6 is 11.8 Å². The molecule has 1 amide bonds. The van der Waals surface area contributed by atoms with Gasteiger partial charge in [-0.2, -0.15) is 11.8 Å². The number of allylic oxidation sites excluding steroid dienone is 1. The van der Waals surface area contributed by atoms with E-state index in [4.69, 9.17) is 0 Å². The van der Waals surface area contributed by atoms with Gasteiger partial charge in [-0.1, -0.05) is 18.6 Å². The first-order valence-corrected chi connectivity index (χ1v) is 6.17. The van der Waals surface area contributed by atoms with Gasteiger partial charge in [-0.3, -0.25) is 4.79 Å². The molecular weight excluding hydrogens is 182 g/mol. The fourth-order valence-electron chi connectivity index (χ4n) is 1.48. The zero-order valence-corrected chi connectivity index (χ0v) is 8.90. The molecule has 13 heavy (non-hydrogen) atoms. The molecule has 1 unspecified atom stereocenters. The normalized spacial score (nSPS) is 22.4. The Hall–Kier alpha value is -0.440. The van der Waals surface area contributed by atoms with Crippen molar-refractivity contribution in [3.63, 3.8) is 0 Å². The number of rotatable bonds is 3. The molecule has 0 aromatic rings. The molecule has 1 aliphatic carbocycles. The number of hydrogen-bond donors (Lipinski definition) is 1. The number of thioether (sulfide) groups is 1. The van der Waals surface area contributed by atoms with Crippen LogP contribution in [0.1, 0.15) is 25.7 Å². The number of nitrogens with one attached hydrogen (secondary N) is 1. The minimum atomic E-state index is 0.157. The standard InChI is InChI=1S/C10H17NOS/c1-13-8-10(12)11-9-6-4-2-3-5-7-9/h4,6,9H,2-3,5,7-8H2,1H3,(H,11,12). The molecule has 0 saturated heterocycles. The van der Waals surface area contributed by atoms with Gasteiger partial charge in [0.1, 0.15) is 0 Å². The van der Waals surface area contributed by atoms with Crippen LogP contribution in [0.5, 0.6) is 0 Å². The summed E-state index contributed by atoms with van der Waals surface area (Å²) in [5.41, 5.74) is 0. The van der Waals surface area contributed by atoms with Gasteiger partial charge in [0.25, 0.3) is 0 Å². The highest BCUT2D eigenvalue weighted by Crippen LogP contribution is 2.10. The molecule has 0 fully saturated rings. The Kier molecular flexibility index (Phi) is 4.98. The molecule has 0 radical (unpaired) electrons. The lowest BCUT2D eigenvalue weighted by atomic mass is 10.1. The van der Waals surface area contributed by atoms with Gasteiger partial charge in [0, 0.05) is 6.04 Å². The third kappa shape index (κ3) is 4.36. The molecule has 0 bridgehead atoms. The number of hydrogen-bond acceptors (Lipinski definition) is 2. The summed E-state index contributed by atoms with van der Waals surface area (Å²) in [5, 5.41) is 3.01. The van der Waals surface area contributed by atoms with Gasteiger partial charge < -0.3 is 5.32 Å². The Morgan fingerprint density at radius 3 is 3.23 bits per heavy atom. The first kappa shape index (κ1) is 10.6. The second-order valence-electron chi connectivity index (χ2n) is 3.32. The number of carbonyl (C=O) groups excluding carboxylic acids is 1. The Bertz CT molecular complexity index is 191. The van der Waals surface area contributed by atoms with Gasteiger partial charge in [-0.25, -0.2) is 0 Å². The highest BCUT2D eigenvalue weighted by molar-refractivity contribution is 7.99. The first-order chi connectivity index (χ1) is 6.33. The van der Waals surface area contributed by atoms with Crippen molar-refractivity contribution in [3.8, 4) is 0 Å². The molecular formula is C10H17NOS. The van der Waals surface area contributed by atoms with Gasteiger partial charge in [0.15, 0.2) is 0 Å². The monoisotopic (exact) mass is 199 g/mol. The Morgan fingerprint density at radius 2 is 2.46 bits per heavy atom. The molecule has 0 aromatic heterocycles. The van der Waals surface area contributed by atoms with Crippen molar-refractivity contribution in [2.45, 2.75) is 31.7 Å². The molecule has 0 aliphatic heterocycles. The molecule has 1 rings (SSSR count). The maximum Gasteiger partial charge on any atom is 0.230 e. The molecule has 0 aromatic carbocycles. The lowest BCUT2D eigenvalue weighted by Gasteiger charge is -2.12. The Balaban J connectivity index is 2.29. The Morgan fingerprint density at radius 1 is 1.62 bits per heavy atom. The van der Waals surface area contributed by atoms with E-state index in [2.05, 4.69) is 17.5 Å². The van der Waals surface area contributed by atoms with E-state index in [0.29, 0.717) is 5.75 Å². The lowest BCUT2D eigenvalue weighted by Crippen LogP contribution is -2.34. The van der Waals surface area contributed by atoms with Gasteiger partial charge in [0.2, 0.25) is 5.91 Å². The summed E-state index contributed by atoms with van der Waals surface area (Å²) in [4.78, 5) is 11.3. The van der Waals surface area contributed by atoms with Gasteiger partial charge in [0.05, 0.1) is 5.75 Å². The summed E-state index contributed by atoms with van der Waals surface area (Å²) in [6.45, 7) is 0. The fraction of sp³-hybridized carbons (Fsp3) is 0.700. The SMILES string of the molecule is CSCC(=O)NC1C=CCCCC1. The summed E-state index contributed by atoms with van der Waals surface area (Å²) in [7, 11) is 0. The quantitative estimate of drug-likeness (QED) is 0.704. The van der Waals surface area contributed by atoms with E-state index >= 15 is 0 Å². The molecule has 3 heteroatoms. The van der Waals surface area contributed by atoms with Crippen molar-refractivity contribution < 1.29 is 4.79 Å². The molecule has 0 spiro atoms. The molecule has 1 aliphatic rings. The van der Waals surface area contributed by atoms with Crippen LogP contribution in [0.25, 0.3) is 0 Å². The highest BCUT2D eigenvalue weighted by Gasteiger charge is 2.09. The zero-order valence-electron chi connectivity index (χ0n) is 8.08. The maximum atomic E-state index is 11.3. The predicted molar refractivity (Wildman–Crippen MR) is 57.9 cm³/mol. The van der Waals surface area contributed by atoms with Crippen molar-refractivity contribution in [1.82, 2.24) is 5.32 Å². The van der Waals surface area contributed by atoms with E-state index in [1.54, 1.807) is 11.8 Å². The average molecular weight is 199 g/mol. The third-order valence-electron chi connectivity index (χ3n) is 2.13. The van der Waals surface area contributed by atoms with Gasteiger partial charge >= 0.3 is 0 Å². The topological polar surface area (TPSA) is 29.1 Å². The second-order valence-corrected chi connectivity index (χ2v) is 4.19. The zero-order chi connectivity index (χ0) is 9.52. The third-order valence-corrected chi connectivity index (χ3v) is 2.68. The van der Waals surface area contributed by atoms with Crippen LogP contribution in [0.15, 0.2) is 12.2 Å². The second kappa shape index (κ2) is 6.08. The average Bonchev–Trinajstić information content (AvgIpc) is 2.33. The lowest BCUT2D eigenvalue weighted by molar-refractivity contribution is -0.119. The van der Waals surface area contributed by atoms with Crippen LogP contribution < -0.4 is 5.32 Å². The maximum absolute atomic E-state index is 11.3. The van der Waals surface area contributed by atoms with Crippen LogP contribution in [0.2, 0.25) is 0 Å². The van der Waals surface area contributed by atoms with Crippen LogP contribution in [0.3, 0.4) is 0 Å². The molecule has 2 nitrogen and oxygen atoms in total. The molecule has 0 heterocycles. The van der Waals surface area contributed by atoms with Crippen molar-refractivity contribution >= 4 is 17.7 Å². The van der Waals surface area contributed by atoms with Gasteiger partial charge in [-0.05, 0) is 25.5 Å². The van der Waals surface area contributed by atoms with E-state index in [9.17, 15) is 4.79 Å². The summed E-state index contributed by atoms with van der Waals surface area (Å²) in [5.74, 6) is 0.730. The summed E-state index contributed by atoms with van der Waals surface area (Å²) < 4.78 is 0. The summed E-state index contributed by atoms with van der Waals surface area (Å²) in [6.07, 6.45) is 11.0. The van der Waals surface area contributed by atoms with Crippen molar-refractivity contribution in [2.75, 3.05) is 12.0 Å².